The molecule has 0 fully saturated rings. The number of ether oxygens (including phenoxy) is 1. The summed E-state index contributed by atoms with van der Waals surface area (Å²) in [5.74, 6) is 0.573. The van der Waals surface area contributed by atoms with Gasteiger partial charge >= 0.3 is 0 Å². The number of nitrogens with zero attached hydrogens (tertiary/aromatic N) is 4. The summed E-state index contributed by atoms with van der Waals surface area (Å²) in [5.41, 5.74) is 11.9. The monoisotopic (exact) mass is 464 g/mol. The number of amides is 1. The van der Waals surface area contributed by atoms with Gasteiger partial charge in [-0.25, -0.2) is 9.97 Å². The minimum Gasteiger partial charge on any atom is -0.497 e. The van der Waals surface area contributed by atoms with Crippen LogP contribution in [0.2, 0.25) is 0 Å². The Balaban J connectivity index is 1.55. The zero-order valence-corrected chi connectivity index (χ0v) is 19.4. The van der Waals surface area contributed by atoms with Gasteiger partial charge in [-0.05, 0) is 42.3 Å². The lowest BCUT2D eigenvalue weighted by Crippen LogP contribution is -2.23. The van der Waals surface area contributed by atoms with Crippen LogP contribution in [0.1, 0.15) is 27.0 Å². The van der Waals surface area contributed by atoms with Crippen LogP contribution in [0.15, 0.2) is 77.9 Å². The van der Waals surface area contributed by atoms with Crippen LogP contribution < -0.4 is 15.8 Å². The first-order valence-corrected chi connectivity index (χ1v) is 11.1. The van der Waals surface area contributed by atoms with Crippen molar-refractivity contribution in [1.29, 1.82) is 0 Å². The third-order valence-electron chi connectivity index (χ3n) is 5.71. The van der Waals surface area contributed by atoms with Gasteiger partial charge in [-0.3, -0.25) is 4.79 Å². The van der Waals surface area contributed by atoms with Crippen LogP contribution in [0.3, 0.4) is 0 Å². The number of nitrogens with two attached hydrogens (primary N) is 1. The van der Waals surface area contributed by atoms with Crippen molar-refractivity contribution >= 4 is 40.1 Å². The van der Waals surface area contributed by atoms with E-state index in [2.05, 4.69) is 10.4 Å². The van der Waals surface area contributed by atoms with Crippen molar-refractivity contribution in [1.82, 2.24) is 20.0 Å². The van der Waals surface area contributed by atoms with E-state index >= 15 is 0 Å². The first-order chi connectivity index (χ1) is 17.0. The molecule has 3 aromatic carbocycles. The summed E-state index contributed by atoms with van der Waals surface area (Å²) in [7, 11) is 1.61. The molecular formula is C27H24N6O2. The van der Waals surface area contributed by atoms with Crippen molar-refractivity contribution in [3.63, 3.8) is 0 Å². The number of carbonyl (C=O) groups excluding carboxylic acids is 1. The van der Waals surface area contributed by atoms with Gasteiger partial charge in [-0.1, -0.05) is 54.1 Å². The first-order valence-electron chi connectivity index (χ1n) is 11.1. The molecule has 0 atom stereocenters. The van der Waals surface area contributed by atoms with E-state index in [4.69, 9.17) is 20.4 Å². The molecule has 8 nitrogen and oxygen atoms in total. The lowest BCUT2D eigenvalue weighted by atomic mass is 10.2. The molecule has 35 heavy (non-hydrogen) atoms. The second-order valence-electron chi connectivity index (χ2n) is 8.14. The average Bonchev–Trinajstić information content (AvgIpc) is 3.15. The summed E-state index contributed by atoms with van der Waals surface area (Å²) in [5, 5.41) is 7.49. The molecule has 3 N–H and O–H groups in total. The predicted molar refractivity (Wildman–Crippen MR) is 138 cm³/mol. The molecule has 5 rings (SSSR count). The van der Waals surface area contributed by atoms with E-state index in [0.29, 0.717) is 28.7 Å². The van der Waals surface area contributed by atoms with Crippen molar-refractivity contribution in [3.8, 4) is 5.75 Å². The molecule has 0 aliphatic carbocycles. The molecule has 0 unspecified atom stereocenters. The van der Waals surface area contributed by atoms with Gasteiger partial charge in [0.05, 0.1) is 24.4 Å². The van der Waals surface area contributed by atoms with E-state index in [1.54, 1.807) is 13.3 Å². The zero-order valence-electron chi connectivity index (χ0n) is 19.4. The van der Waals surface area contributed by atoms with Gasteiger partial charge in [0.1, 0.15) is 22.6 Å². The second kappa shape index (κ2) is 9.26. The van der Waals surface area contributed by atoms with Gasteiger partial charge in [0, 0.05) is 6.54 Å². The van der Waals surface area contributed by atoms with Gasteiger partial charge in [-0.15, -0.1) is 0 Å². The fraction of sp³-hybridized carbons (Fsp3) is 0.111. The Kier molecular flexibility index (Phi) is 5.85. The number of rotatable bonds is 6. The molecule has 0 bridgehead atoms. The topological polar surface area (TPSA) is 107 Å². The van der Waals surface area contributed by atoms with Crippen LogP contribution in [0.25, 0.3) is 22.2 Å². The number of nitrogen functional groups attached to an aromatic ring is 1. The van der Waals surface area contributed by atoms with Crippen LogP contribution >= 0.6 is 0 Å². The summed E-state index contributed by atoms with van der Waals surface area (Å²) in [4.78, 5) is 22.7. The number of para-hydroxylation sites is 2. The largest absolute Gasteiger partial charge is 0.497 e. The molecule has 2 heterocycles. The van der Waals surface area contributed by atoms with E-state index in [1.807, 2.05) is 79.7 Å². The van der Waals surface area contributed by atoms with Crippen molar-refractivity contribution in [2.75, 3.05) is 12.8 Å². The number of aromatic nitrogens is 3. The Morgan fingerprint density at radius 2 is 1.71 bits per heavy atom. The first kappa shape index (κ1) is 22.1. The maximum absolute atomic E-state index is 13.3. The second-order valence-corrected chi connectivity index (χ2v) is 8.14. The van der Waals surface area contributed by atoms with E-state index in [0.717, 1.165) is 22.4 Å². The molecule has 2 aromatic heterocycles. The number of anilines is 1. The Hall–Kier alpha value is -4.72. The fourth-order valence-corrected chi connectivity index (χ4v) is 3.78. The number of fused-ring (bicyclic) bond motifs is 2. The van der Waals surface area contributed by atoms with Crippen LogP contribution in [-0.4, -0.2) is 33.9 Å². The van der Waals surface area contributed by atoms with Crippen molar-refractivity contribution in [2.45, 2.75) is 13.5 Å². The summed E-state index contributed by atoms with van der Waals surface area (Å²) in [6.45, 7) is 2.35. The lowest BCUT2D eigenvalue weighted by Gasteiger charge is -2.06. The maximum Gasteiger partial charge on any atom is 0.257 e. The van der Waals surface area contributed by atoms with Crippen LogP contribution in [-0.2, 0) is 6.54 Å². The third kappa shape index (κ3) is 4.41. The number of carbonyl (C=O) groups is 1. The van der Waals surface area contributed by atoms with Crippen molar-refractivity contribution in [2.24, 2.45) is 5.10 Å². The van der Waals surface area contributed by atoms with E-state index < -0.39 is 0 Å². The predicted octanol–water partition coefficient (Wildman–Crippen LogP) is 4.30. The number of methoxy groups -OCH3 is 1. The van der Waals surface area contributed by atoms with Crippen LogP contribution in [0.5, 0.6) is 5.75 Å². The normalized spacial score (nSPS) is 11.4. The molecule has 174 valence electrons. The number of benzene rings is 3. The molecular weight excluding hydrogens is 440 g/mol. The molecule has 8 heteroatoms. The van der Waals surface area contributed by atoms with Crippen molar-refractivity contribution in [3.05, 3.63) is 95.1 Å². The quantitative estimate of drug-likeness (QED) is 0.365. The lowest BCUT2D eigenvalue weighted by molar-refractivity contribution is 0.0953. The number of nitrogens with one attached hydrogen (secondary N) is 1. The standard InChI is InChI=1S/C27H24N6O2/c1-17-7-9-19(10-8-17)16-30-33-25(28)23(24-26(33)32-22-6-4-3-5-21(22)31-24)27(34)29-15-18-11-13-20(35-2)14-12-18/h3-14,16H,15,28H2,1-2H3,(H,29,34)/b30-16+. The highest BCUT2D eigenvalue weighted by Crippen LogP contribution is 2.28. The van der Waals surface area contributed by atoms with Gasteiger partial charge in [0.25, 0.3) is 5.91 Å². The summed E-state index contributed by atoms with van der Waals surface area (Å²) < 4.78 is 6.66. The van der Waals surface area contributed by atoms with Crippen LogP contribution in [0, 0.1) is 6.92 Å². The number of hydrogen-bond acceptors (Lipinski definition) is 6. The summed E-state index contributed by atoms with van der Waals surface area (Å²) in [6.07, 6.45) is 1.69. The Labute approximate surface area is 202 Å². The van der Waals surface area contributed by atoms with Crippen LogP contribution in [0.4, 0.5) is 5.82 Å². The van der Waals surface area contributed by atoms with E-state index in [1.165, 1.54) is 4.68 Å². The maximum atomic E-state index is 13.3. The highest BCUT2D eigenvalue weighted by Gasteiger charge is 2.24. The molecule has 0 spiro atoms. The minimum atomic E-state index is -0.350. The highest BCUT2D eigenvalue weighted by atomic mass is 16.5. The molecule has 5 aromatic rings. The van der Waals surface area contributed by atoms with Gasteiger partial charge < -0.3 is 15.8 Å². The average molecular weight is 465 g/mol. The SMILES string of the molecule is COc1ccc(CNC(=O)c2c(N)n(/N=C/c3ccc(C)cc3)c3nc4ccccc4nc23)cc1. The molecule has 0 aliphatic rings. The van der Waals surface area contributed by atoms with Gasteiger partial charge in [-0.2, -0.15) is 9.78 Å². The Morgan fingerprint density at radius 1 is 1.03 bits per heavy atom. The highest BCUT2D eigenvalue weighted by molar-refractivity contribution is 6.10. The van der Waals surface area contributed by atoms with Crippen molar-refractivity contribution < 1.29 is 9.53 Å². The molecule has 0 saturated heterocycles. The zero-order chi connectivity index (χ0) is 24.4. The summed E-state index contributed by atoms with van der Waals surface area (Å²) >= 11 is 0. The van der Waals surface area contributed by atoms with E-state index in [-0.39, 0.29) is 17.3 Å². The third-order valence-corrected chi connectivity index (χ3v) is 5.71. The number of aryl methyl sites for hydroxylation is 1. The van der Waals surface area contributed by atoms with Gasteiger partial charge in [0.2, 0.25) is 0 Å². The minimum absolute atomic E-state index is 0.172. The number of hydrogen-bond donors (Lipinski definition) is 2. The Bertz CT molecular complexity index is 1550. The molecule has 1 amide bonds. The van der Waals surface area contributed by atoms with E-state index in [9.17, 15) is 4.79 Å². The fourth-order valence-electron chi connectivity index (χ4n) is 3.78. The Morgan fingerprint density at radius 3 is 2.40 bits per heavy atom. The molecule has 0 aliphatic heterocycles. The van der Waals surface area contributed by atoms with Gasteiger partial charge in [0.15, 0.2) is 5.65 Å². The molecule has 0 radical (unpaired) electrons. The summed E-state index contributed by atoms with van der Waals surface area (Å²) in [6, 6.07) is 22.9. The smallest absolute Gasteiger partial charge is 0.257 e. The molecule has 0 saturated carbocycles.